The molecule has 1 heterocycles. The Balaban J connectivity index is 2.96. The Morgan fingerprint density at radius 3 is 2.56 bits per heavy atom. The third-order valence-electron chi connectivity index (χ3n) is 2.23. The van der Waals surface area contributed by atoms with E-state index in [0.717, 1.165) is 17.4 Å². The molecule has 102 valence electrons. The number of aromatic carboxylic acids is 1. The normalized spacial score (nSPS) is 12.6. The van der Waals surface area contributed by atoms with Crippen LogP contribution in [0.5, 0.6) is 0 Å². The minimum Gasteiger partial charge on any atom is -0.478 e. The molecule has 0 aromatic carbocycles. The smallest absolute Gasteiger partial charge is 0.336 e. The number of hydrogen-bond acceptors (Lipinski definition) is 5. The van der Waals surface area contributed by atoms with Crippen LogP contribution < -0.4 is 4.72 Å². The van der Waals surface area contributed by atoms with E-state index in [9.17, 15) is 13.2 Å². The van der Waals surface area contributed by atoms with E-state index < -0.39 is 21.5 Å². The van der Waals surface area contributed by atoms with Gasteiger partial charge >= 0.3 is 5.97 Å². The fraction of sp³-hybridized carbons (Fsp3) is 0.500. The van der Waals surface area contributed by atoms with Crippen LogP contribution in [0, 0.1) is 0 Å². The van der Waals surface area contributed by atoms with Crippen molar-refractivity contribution in [3.63, 3.8) is 0 Å². The fourth-order valence-electron chi connectivity index (χ4n) is 1.31. The largest absolute Gasteiger partial charge is 0.478 e. The summed E-state index contributed by atoms with van der Waals surface area (Å²) in [5, 5.41) is 18.8. The fourth-order valence-corrected chi connectivity index (χ4v) is 3.91. The Morgan fingerprint density at radius 1 is 1.50 bits per heavy atom. The molecule has 0 amide bonds. The molecule has 0 fully saturated rings. The Morgan fingerprint density at radius 2 is 2.11 bits per heavy atom. The molecule has 0 aliphatic heterocycles. The van der Waals surface area contributed by atoms with Crippen LogP contribution in [-0.2, 0) is 10.0 Å². The molecule has 1 aromatic rings. The number of hydrogen-bond donors (Lipinski definition) is 3. The van der Waals surface area contributed by atoms with Crippen LogP contribution in [0.2, 0.25) is 0 Å². The predicted molar refractivity (Wildman–Crippen MR) is 67.4 cm³/mol. The van der Waals surface area contributed by atoms with Crippen molar-refractivity contribution < 1.29 is 23.4 Å². The maximum absolute atomic E-state index is 12.0. The van der Waals surface area contributed by atoms with Crippen LogP contribution in [0.4, 0.5) is 0 Å². The van der Waals surface area contributed by atoms with E-state index >= 15 is 0 Å². The molecular formula is C10H15NO5S2. The van der Waals surface area contributed by atoms with Crippen LogP contribution >= 0.6 is 11.3 Å². The molecule has 0 saturated carbocycles. The Hall–Kier alpha value is -0.960. The highest BCUT2D eigenvalue weighted by atomic mass is 32.2. The van der Waals surface area contributed by atoms with Gasteiger partial charge in [-0.25, -0.2) is 17.9 Å². The molecule has 1 aromatic heterocycles. The minimum absolute atomic E-state index is 0.0501. The summed E-state index contributed by atoms with van der Waals surface area (Å²) < 4.78 is 26.3. The van der Waals surface area contributed by atoms with Gasteiger partial charge in [0.25, 0.3) is 10.0 Å². The summed E-state index contributed by atoms with van der Waals surface area (Å²) in [6, 6.07) is 1.12. The van der Waals surface area contributed by atoms with Crippen molar-refractivity contribution in [3.8, 4) is 0 Å². The highest BCUT2D eigenvalue weighted by Crippen LogP contribution is 2.22. The van der Waals surface area contributed by atoms with Crippen molar-refractivity contribution in [3.05, 3.63) is 17.0 Å². The van der Waals surface area contributed by atoms with Gasteiger partial charge in [0.15, 0.2) is 0 Å². The lowest BCUT2D eigenvalue weighted by Gasteiger charge is -2.24. The summed E-state index contributed by atoms with van der Waals surface area (Å²) in [4.78, 5) is 10.7. The van der Waals surface area contributed by atoms with Gasteiger partial charge in [-0.2, -0.15) is 0 Å². The number of thiophene rings is 1. The Bertz CT molecular complexity index is 532. The Kier molecular flexibility index (Phi) is 4.49. The van der Waals surface area contributed by atoms with Crippen molar-refractivity contribution in [2.75, 3.05) is 6.61 Å². The Labute approximate surface area is 109 Å². The van der Waals surface area contributed by atoms with Gasteiger partial charge in [0.2, 0.25) is 0 Å². The number of aliphatic hydroxyl groups excluding tert-OH is 1. The summed E-state index contributed by atoms with van der Waals surface area (Å²) >= 11 is 0.850. The average Bonchev–Trinajstić information content (AvgIpc) is 2.64. The quantitative estimate of drug-likeness (QED) is 0.722. The second-order valence-corrected chi connectivity index (χ2v) is 7.24. The van der Waals surface area contributed by atoms with Crippen LogP contribution in [0.3, 0.4) is 0 Å². The van der Waals surface area contributed by atoms with Gasteiger partial charge < -0.3 is 10.2 Å². The zero-order chi connectivity index (χ0) is 14.0. The van der Waals surface area contributed by atoms with Gasteiger partial charge in [0.05, 0.1) is 5.56 Å². The van der Waals surface area contributed by atoms with Crippen molar-refractivity contribution in [2.24, 2.45) is 0 Å². The van der Waals surface area contributed by atoms with E-state index in [1.165, 1.54) is 5.38 Å². The van der Waals surface area contributed by atoms with E-state index in [1.54, 1.807) is 13.8 Å². The maximum atomic E-state index is 12.0. The predicted octanol–water partition coefficient (Wildman–Crippen LogP) is 0.886. The molecule has 0 radical (unpaired) electrons. The zero-order valence-corrected chi connectivity index (χ0v) is 11.6. The third-order valence-corrected chi connectivity index (χ3v) is 5.37. The number of nitrogens with one attached hydrogen (secondary N) is 1. The SMILES string of the molecule is CC(C)(CCO)NS(=O)(=O)c1cc(C(=O)O)cs1. The molecule has 0 unspecified atom stereocenters. The lowest BCUT2D eigenvalue weighted by Crippen LogP contribution is -2.43. The van der Waals surface area contributed by atoms with E-state index in [4.69, 9.17) is 10.2 Å². The number of sulfonamides is 1. The average molecular weight is 293 g/mol. The summed E-state index contributed by atoms with van der Waals surface area (Å²) in [7, 11) is -3.76. The van der Waals surface area contributed by atoms with Crippen LogP contribution in [0.15, 0.2) is 15.7 Å². The van der Waals surface area contributed by atoms with Crippen molar-refractivity contribution >= 4 is 27.3 Å². The molecule has 8 heteroatoms. The summed E-state index contributed by atoms with van der Waals surface area (Å²) in [6.45, 7) is 3.15. The van der Waals surface area contributed by atoms with Gasteiger partial charge in [-0.15, -0.1) is 11.3 Å². The van der Waals surface area contributed by atoms with Crippen LogP contribution in [0.25, 0.3) is 0 Å². The third kappa shape index (κ3) is 3.77. The van der Waals surface area contributed by atoms with Crippen LogP contribution in [-0.4, -0.2) is 36.7 Å². The topological polar surface area (TPSA) is 104 Å². The minimum atomic E-state index is -3.76. The molecule has 1 rings (SSSR count). The standard InChI is InChI=1S/C10H15NO5S2/c1-10(2,3-4-12)11-18(15,16)8-5-7(6-17-8)9(13)14/h5-6,11-12H,3-4H2,1-2H3,(H,13,14). The number of carboxylic acids is 1. The molecule has 0 spiro atoms. The molecular weight excluding hydrogens is 278 g/mol. The molecule has 6 nitrogen and oxygen atoms in total. The molecule has 0 aliphatic rings. The molecule has 0 aliphatic carbocycles. The molecule has 3 N–H and O–H groups in total. The van der Waals surface area contributed by atoms with Gasteiger partial charge in [-0.1, -0.05) is 0 Å². The van der Waals surface area contributed by atoms with Crippen molar-refractivity contribution in [2.45, 2.75) is 30.0 Å². The van der Waals surface area contributed by atoms with Crippen molar-refractivity contribution in [1.29, 1.82) is 0 Å². The lowest BCUT2D eigenvalue weighted by atomic mass is 10.0. The molecule has 0 bridgehead atoms. The highest BCUT2D eigenvalue weighted by molar-refractivity contribution is 7.91. The summed E-state index contributed by atoms with van der Waals surface area (Å²) in [5.41, 5.74) is -0.846. The second kappa shape index (κ2) is 5.35. The first-order valence-electron chi connectivity index (χ1n) is 5.14. The van der Waals surface area contributed by atoms with Gasteiger partial charge in [-0.05, 0) is 26.3 Å². The zero-order valence-electron chi connectivity index (χ0n) is 10.0. The number of aliphatic hydroxyl groups is 1. The van der Waals surface area contributed by atoms with Crippen LogP contribution in [0.1, 0.15) is 30.6 Å². The first-order valence-corrected chi connectivity index (χ1v) is 7.51. The maximum Gasteiger partial charge on any atom is 0.336 e. The van der Waals surface area contributed by atoms with E-state index in [2.05, 4.69) is 4.72 Å². The van der Waals surface area contributed by atoms with E-state index in [-0.39, 0.29) is 22.8 Å². The molecule has 0 atom stereocenters. The first kappa shape index (κ1) is 15.1. The molecule has 0 saturated heterocycles. The number of carbonyl (C=O) groups is 1. The van der Waals surface area contributed by atoms with Gasteiger partial charge in [0.1, 0.15) is 4.21 Å². The second-order valence-electron chi connectivity index (χ2n) is 4.42. The first-order chi connectivity index (χ1) is 8.18. The highest BCUT2D eigenvalue weighted by Gasteiger charge is 2.27. The van der Waals surface area contributed by atoms with E-state index in [1.807, 2.05) is 0 Å². The number of carboxylic acid groups (broad SMARTS) is 1. The van der Waals surface area contributed by atoms with Gasteiger partial charge in [0, 0.05) is 17.5 Å². The number of rotatable bonds is 6. The summed E-state index contributed by atoms with van der Waals surface area (Å²) in [5.74, 6) is -1.16. The molecule has 18 heavy (non-hydrogen) atoms. The van der Waals surface area contributed by atoms with Crippen molar-refractivity contribution in [1.82, 2.24) is 4.72 Å². The monoisotopic (exact) mass is 293 g/mol. The summed E-state index contributed by atoms with van der Waals surface area (Å²) in [6.07, 6.45) is 0.267. The lowest BCUT2D eigenvalue weighted by molar-refractivity contribution is 0.0697. The van der Waals surface area contributed by atoms with E-state index in [0.29, 0.717) is 0 Å². The van der Waals surface area contributed by atoms with Gasteiger partial charge in [-0.3, -0.25) is 0 Å².